The van der Waals surface area contributed by atoms with Gasteiger partial charge >= 0.3 is 5.69 Å². The summed E-state index contributed by atoms with van der Waals surface area (Å²) in [5.74, 6) is 0.497. The average molecular weight is 339 g/mol. The maximum absolute atomic E-state index is 12.3. The number of fused-ring (bicyclic) bond motifs is 1. The van der Waals surface area contributed by atoms with Crippen molar-refractivity contribution in [3.8, 4) is 0 Å². The van der Waals surface area contributed by atoms with E-state index in [1.165, 1.54) is 0 Å². The fourth-order valence-electron chi connectivity index (χ4n) is 2.94. The van der Waals surface area contributed by atoms with E-state index in [1.54, 1.807) is 16.2 Å². The van der Waals surface area contributed by atoms with Gasteiger partial charge in [-0.25, -0.2) is 4.79 Å². The smallest absolute Gasteiger partial charge is 0.328 e. The van der Waals surface area contributed by atoms with E-state index in [0.717, 1.165) is 23.9 Å². The molecule has 0 radical (unpaired) electrons. The van der Waals surface area contributed by atoms with Crippen LogP contribution in [-0.4, -0.2) is 27.6 Å². The van der Waals surface area contributed by atoms with Crippen LogP contribution in [0.4, 0.5) is 0 Å². The van der Waals surface area contributed by atoms with E-state index >= 15 is 0 Å². The van der Waals surface area contributed by atoms with Crippen LogP contribution in [0.5, 0.6) is 0 Å². The van der Waals surface area contributed by atoms with E-state index in [2.05, 4.69) is 5.32 Å². The first-order chi connectivity index (χ1) is 10.6. The first-order valence-corrected chi connectivity index (χ1v) is 7.75. The Morgan fingerprint density at radius 2 is 2.00 bits per heavy atom. The molecule has 23 heavy (non-hydrogen) atoms. The topological polar surface area (TPSA) is 82.0 Å². The molecule has 1 atom stereocenters. The van der Waals surface area contributed by atoms with Crippen molar-refractivity contribution in [2.75, 3.05) is 6.54 Å². The number of hydrogen-bond acceptors (Lipinski definition) is 3. The van der Waals surface area contributed by atoms with Crippen LogP contribution in [-0.2, 0) is 18.4 Å². The summed E-state index contributed by atoms with van der Waals surface area (Å²) >= 11 is 0. The Labute approximate surface area is 141 Å². The van der Waals surface area contributed by atoms with E-state index in [0.29, 0.717) is 19.0 Å². The van der Waals surface area contributed by atoms with E-state index in [9.17, 15) is 9.59 Å². The summed E-state index contributed by atoms with van der Waals surface area (Å²) in [4.78, 5) is 24.4. The predicted octanol–water partition coefficient (Wildman–Crippen LogP) is 1.01. The third kappa shape index (κ3) is 3.59. The summed E-state index contributed by atoms with van der Waals surface area (Å²) in [7, 11) is 1.75. The number of rotatable bonds is 6. The lowest BCUT2D eigenvalue weighted by Crippen LogP contribution is -2.42. The van der Waals surface area contributed by atoms with Gasteiger partial charge < -0.3 is 11.1 Å². The minimum atomic E-state index is -0.0911. The van der Waals surface area contributed by atoms with Gasteiger partial charge in [-0.15, -0.1) is 12.4 Å². The quantitative estimate of drug-likeness (QED) is 0.824. The number of aromatic nitrogens is 2. The molecule has 1 heterocycles. The molecule has 0 bridgehead atoms. The molecular formula is C16H23ClN4O2. The second-order valence-electron chi connectivity index (χ2n) is 5.98. The molecule has 0 saturated heterocycles. The monoisotopic (exact) mass is 338 g/mol. The van der Waals surface area contributed by atoms with Gasteiger partial charge in [0.05, 0.1) is 11.0 Å². The van der Waals surface area contributed by atoms with Crippen molar-refractivity contribution in [2.24, 2.45) is 18.7 Å². The van der Waals surface area contributed by atoms with Gasteiger partial charge in [-0.05, 0) is 30.9 Å². The number of nitrogens with two attached hydrogens (primary N) is 1. The Hall–Kier alpha value is -1.79. The molecule has 3 rings (SSSR count). The molecule has 3 N–H and O–H groups in total. The molecule has 1 fully saturated rings. The number of aryl methyl sites for hydroxylation is 2. The van der Waals surface area contributed by atoms with E-state index < -0.39 is 0 Å². The number of hydrogen-bond donors (Lipinski definition) is 2. The normalized spacial score (nSPS) is 15.2. The van der Waals surface area contributed by atoms with Crippen molar-refractivity contribution in [1.29, 1.82) is 0 Å². The van der Waals surface area contributed by atoms with Crippen molar-refractivity contribution in [3.05, 3.63) is 34.7 Å². The van der Waals surface area contributed by atoms with Crippen molar-refractivity contribution < 1.29 is 4.79 Å². The largest absolute Gasteiger partial charge is 0.352 e. The molecule has 1 amide bonds. The Balaban J connectivity index is 0.00000192. The van der Waals surface area contributed by atoms with E-state index in [4.69, 9.17) is 5.73 Å². The fourth-order valence-corrected chi connectivity index (χ4v) is 2.94. The van der Waals surface area contributed by atoms with Gasteiger partial charge in [0, 0.05) is 32.6 Å². The highest BCUT2D eigenvalue weighted by molar-refractivity contribution is 5.85. The molecule has 1 aromatic carbocycles. The molecule has 2 aromatic rings. The highest BCUT2D eigenvalue weighted by Crippen LogP contribution is 2.32. The Kier molecular flexibility index (Phi) is 5.49. The third-order valence-electron chi connectivity index (χ3n) is 4.41. The zero-order valence-corrected chi connectivity index (χ0v) is 14.0. The second-order valence-corrected chi connectivity index (χ2v) is 5.98. The lowest BCUT2D eigenvalue weighted by Gasteiger charge is -2.16. The fraction of sp³-hybridized carbons (Fsp3) is 0.500. The molecule has 0 spiro atoms. The summed E-state index contributed by atoms with van der Waals surface area (Å²) in [5.41, 5.74) is 7.35. The number of halogens is 1. The highest BCUT2D eigenvalue weighted by Gasteiger charge is 2.31. The molecule has 1 aliphatic rings. The van der Waals surface area contributed by atoms with Gasteiger partial charge in [-0.2, -0.15) is 0 Å². The van der Waals surface area contributed by atoms with Gasteiger partial charge in [0.25, 0.3) is 0 Å². The minimum absolute atomic E-state index is 0. The zero-order valence-electron chi connectivity index (χ0n) is 13.2. The van der Waals surface area contributed by atoms with Gasteiger partial charge in [0.15, 0.2) is 0 Å². The third-order valence-corrected chi connectivity index (χ3v) is 4.41. The minimum Gasteiger partial charge on any atom is -0.352 e. The molecule has 1 unspecified atom stereocenters. The number of para-hydroxylation sites is 2. The van der Waals surface area contributed by atoms with Crippen LogP contribution in [0.3, 0.4) is 0 Å². The van der Waals surface area contributed by atoms with Crippen LogP contribution in [0.15, 0.2) is 29.1 Å². The maximum Gasteiger partial charge on any atom is 0.328 e. The standard InChI is InChI=1S/C16H22N4O2.ClH/c1-19-13-4-2-3-5-14(13)20(16(19)22)9-8-15(21)18-12(10-17)11-6-7-11;/h2-5,11-12H,6-10,17H2,1H3,(H,18,21);1H. The molecule has 1 saturated carbocycles. The molecule has 1 aliphatic carbocycles. The van der Waals surface area contributed by atoms with Gasteiger partial charge in [0.2, 0.25) is 5.91 Å². The number of nitrogens with one attached hydrogen (secondary N) is 1. The Morgan fingerprint density at radius 3 is 2.61 bits per heavy atom. The second kappa shape index (κ2) is 7.19. The van der Waals surface area contributed by atoms with Crippen molar-refractivity contribution >= 4 is 29.3 Å². The van der Waals surface area contributed by atoms with Crippen LogP contribution >= 0.6 is 12.4 Å². The first-order valence-electron chi connectivity index (χ1n) is 7.75. The van der Waals surface area contributed by atoms with Crippen molar-refractivity contribution in [1.82, 2.24) is 14.5 Å². The molecule has 1 aromatic heterocycles. The molecule has 0 aliphatic heterocycles. The Morgan fingerprint density at radius 1 is 1.35 bits per heavy atom. The van der Waals surface area contributed by atoms with Crippen LogP contribution in [0.25, 0.3) is 11.0 Å². The van der Waals surface area contributed by atoms with Crippen LogP contribution in [0, 0.1) is 5.92 Å². The van der Waals surface area contributed by atoms with Crippen molar-refractivity contribution in [3.63, 3.8) is 0 Å². The SMILES string of the molecule is Cl.Cn1c(=O)n(CCC(=O)NC(CN)C2CC2)c2ccccc21. The molecule has 6 nitrogen and oxygen atoms in total. The summed E-state index contributed by atoms with van der Waals surface area (Å²) in [6.45, 7) is 0.860. The van der Waals surface area contributed by atoms with Gasteiger partial charge in [0.1, 0.15) is 0 Å². The number of benzene rings is 1. The number of carbonyl (C=O) groups is 1. The van der Waals surface area contributed by atoms with Crippen LogP contribution in [0.2, 0.25) is 0 Å². The van der Waals surface area contributed by atoms with Gasteiger partial charge in [-0.1, -0.05) is 12.1 Å². The van der Waals surface area contributed by atoms with Crippen LogP contribution < -0.4 is 16.7 Å². The number of amides is 1. The number of carbonyl (C=O) groups excluding carboxylic acids is 1. The lowest BCUT2D eigenvalue weighted by molar-refractivity contribution is -0.122. The lowest BCUT2D eigenvalue weighted by atomic mass is 10.2. The zero-order chi connectivity index (χ0) is 15.7. The van der Waals surface area contributed by atoms with E-state index in [-0.39, 0.29) is 36.5 Å². The number of nitrogens with zero attached hydrogens (tertiary/aromatic N) is 2. The molecule has 7 heteroatoms. The first kappa shape index (κ1) is 17.6. The summed E-state index contributed by atoms with van der Waals surface area (Å²) in [6, 6.07) is 7.69. The highest BCUT2D eigenvalue weighted by atomic mass is 35.5. The summed E-state index contributed by atoms with van der Waals surface area (Å²) in [6.07, 6.45) is 2.58. The maximum atomic E-state index is 12.3. The molecule has 126 valence electrons. The van der Waals surface area contributed by atoms with E-state index in [1.807, 2.05) is 24.3 Å². The van der Waals surface area contributed by atoms with Gasteiger partial charge in [-0.3, -0.25) is 13.9 Å². The average Bonchev–Trinajstić information content (AvgIpc) is 3.33. The van der Waals surface area contributed by atoms with Crippen molar-refractivity contribution in [2.45, 2.75) is 31.8 Å². The van der Waals surface area contributed by atoms with Crippen LogP contribution in [0.1, 0.15) is 19.3 Å². The summed E-state index contributed by atoms with van der Waals surface area (Å²) < 4.78 is 3.27. The Bertz CT molecular complexity index is 748. The molecular weight excluding hydrogens is 316 g/mol. The number of imidazole rings is 1. The summed E-state index contributed by atoms with van der Waals surface area (Å²) in [5, 5.41) is 2.99. The predicted molar refractivity (Wildman–Crippen MR) is 92.8 cm³/mol.